The van der Waals surface area contributed by atoms with Crippen LogP contribution in [0.3, 0.4) is 0 Å². The molecule has 17 heavy (non-hydrogen) atoms. The first-order valence-corrected chi connectivity index (χ1v) is 5.65. The number of halogens is 1. The molecule has 1 aromatic rings. The van der Waals surface area contributed by atoms with Crippen molar-refractivity contribution >= 4 is 17.6 Å². The second-order valence-electron chi connectivity index (χ2n) is 4.78. The number of carbonyl (C=O) groups excluding carboxylic acids is 1. The van der Waals surface area contributed by atoms with E-state index in [4.69, 9.17) is 21.1 Å². The van der Waals surface area contributed by atoms with Crippen LogP contribution in [0.25, 0.3) is 0 Å². The van der Waals surface area contributed by atoms with Gasteiger partial charge >= 0.3 is 5.97 Å². The van der Waals surface area contributed by atoms with Crippen LogP contribution in [0.15, 0.2) is 12.1 Å². The van der Waals surface area contributed by atoms with Crippen LogP contribution in [0.2, 0.25) is 5.02 Å². The molecule has 0 radical (unpaired) electrons. The molecule has 1 aromatic carbocycles. The molecule has 0 saturated carbocycles. The molecule has 0 unspecified atom stereocenters. The van der Waals surface area contributed by atoms with Crippen LogP contribution in [0.1, 0.15) is 36.7 Å². The van der Waals surface area contributed by atoms with E-state index in [0.29, 0.717) is 11.3 Å². The number of hydrogen-bond donors (Lipinski definition) is 0. The molecule has 0 fully saturated rings. The molecule has 0 atom stereocenters. The number of esters is 1. The lowest BCUT2D eigenvalue weighted by Crippen LogP contribution is -2.14. The smallest absolute Gasteiger partial charge is 0.339 e. The number of benzene rings is 1. The Labute approximate surface area is 107 Å². The predicted octanol–water partition coefficient (Wildman–Crippen LogP) is 3.43. The number of carbonyl (C=O) groups is 1. The van der Waals surface area contributed by atoms with Crippen molar-refractivity contribution in [1.29, 1.82) is 0 Å². The van der Waals surface area contributed by atoms with E-state index in [0.717, 1.165) is 5.56 Å². The normalized spacial score (nSPS) is 11.2. The quantitative estimate of drug-likeness (QED) is 0.761. The first kappa shape index (κ1) is 13.8. The van der Waals surface area contributed by atoms with Gasteiger partial charge in [0.2, 0.25) is 0 Å². The van der Waals surface area contributed by atoms with Gasteiger partial charge in [0.1, 0.15) is 5.75 Å². The van der Waals surface area contributed by atoms with Gasteiger partial charge in [-0.15, -0.1) is 0 Å². The first-order chi connectivity index (χ1) is 7.81. The van der Waals surface area contributed by atoms with Crippen LogP contribution in [0.5, 0.6) is 5.75 Å². The van der Waals surface area contributed by atoms with Gasteiger partial charge in [-0.05, 0) is 23.1 Å². The largest absolute Gasteiger partial charge is 0.495 e. The van der Waals surface area contributed by atoms with Crippen molar-refractivity contribution < 1.29 is 14.3 Å². The van der Waals surface area contributed by atoms with Crippen molar-refractivity contribution in [3.63, 3.8) is 0 Å². The number of hydrogen-bond acceptors (Lipinski definition) is 3. The van der Waals surface area contributed by atoms with Gasteiger partial charge in [-0.2, -0.15) is 0 Å². The van der Waals surface area contributed by atoms with Crippen LogP contribution < -0.4 is 4.74 Å². The first-order valence-electron chi connectivity index (χ1n) is 5.27. The zero-order chi connectivity index (χ0) is 13.2. The third-order valence-corrected chi connectivity index (χ3v) is 2.92. The van der Waals surface area contributed by atoms with E-state index in [-0.39, 0.29) is 10.4 Å². The Hall–Kier alpha value is -1.22. The van der Waals surface area contributed by atoms with Gasteiger partial charge in [0.05, 0.1) is 24.8 Å². The van der Waals surface area contributed by atoms with Crippen molar-refractivity contribution in [3.05, 3.63) is 28.3 Å². The van der Waals surface area contributed by atoms with E-state index >= 15 is 0 Å². The zero-order valence-electron chi connectivity index (χ0n) is 10.8. The monoisotopic (exact) mass is 256 g/mol. The number of rotatable bonds is 2. The van der Waals surface area contributed by atoms with Crippen molar-refractivity contribution in [2.45, 2.75) is 26.2 Å². The summed E-state index contributed by atoms with van der Waals surface area (Å²) in [4.78, 5) is 11.6. The molecule has 0 heterocycles. The van der Waals surface area contributed by atoms with E-state index in [1.165, 1.54) is 14.2 Å². The van der Waals surface area contributed by atoms with Crippen molar-refractivity contribution in [1.82, 2.24) is 0 Å². The summed E-state index contributed by atoms with van der Waals surface area (Å²) in [5.74, 6) is 0.0268. The molecular weight excluding hydrogens is 240 g/mol. The summed E-state index contributed by atoms with van der Waals surface area (Å²) in [6, 6.07) is 3.59. The maximum absolute atomic E-state index is 11.6. The Balaban J connectivity index is 3.44. The summed E-state index contributed by atoms with van der Waals surface area (Å²) in [6.07, 6.45) is 0. The Morgan fingerprint density at radius 1 is 1.24 bits per heavy atom. The fourth-order valence-corrected chi connectivity index (χ4v) is 1.70. The number of ether oxygens (including phenoxy) is 2. The minimum Gasteiger partial charge on any atom is -0.495 e. The van der Waals surface area contributed by atoms with E-state index in [2.05, 4.69) is 20.8 Å². The molecule has 0 aliphatic rings. The molecule has 94 valence electrons. The topological polar surface area (TPSA) is 35.5 Å². The second-order valence-corrected chi connectivity index (χ2v) is 5.16. The zero-order valence-corrected chi connectivity index (χ0v) is 11.5. The summed E-state index contributed by atoms with van der Waals surface area (Å²) in [6.45, 7) is 6.16. The van der Waals surface area contributed by atoms with Gasteiger partial charge in [-0.1, -0.05) is 32.4 Å². The lowest BCUT2D eigenvalue weighted by Gasteiger charge is -2.21. The third kappa shape index (κ3) is 2.91. The summed E-state index contributed by atoms with van der Waals surface area (Å²) in [5, 5.41) is 0.285. The molecule has 0 saturated heterocycles. The van der Waals surface area contributed by atoms with Crippen LogP contribution in [0, 0.1) is 0 Å². The molecule has 0 aliphatic carbocycles. The molecule has 1 rings (SSSR count). The van der Waals surface area contributed by atoms with E-state index < -0.39 is 5.97 Å². The molecule has 0 N–H and O–H groups in total. The Kier molecular flexibility index (Phi) is 4.04. The summed E-state index contributed by atoms with van der Waals surface area (Å²) in [7, 11) is 2.85. The van der Waals surface area contributed by atoms with Crippen molar-refractivity contribution in [3.8, 4) is 5.75 Å². The van der Waals surface area contributed by atoms with Gasteiger partial charge in [0.15, 0.2) is 0 Å². The second kappa shape index (κ2) is 4.96. The van der Waals surface area contributed by atoms with Gasteiger partial charge in [0, 0.05) is 0 Å². The maximum Gasteiger partial charge on any atom is 0.339 e. The van der Waals surface area contributed by atoms with Crippen molar-refractivity contribution in [2.24, 2.45) is 0 Å². The molecular formula is C13H17ClO3. The van der Waals surface area contributed by atoms with Gasteiger partial charge < -0.3 is 9.47 Å². The Bertz CT molecular complexity index is 433. The maximum atomic E-state index is 11.6. The van der Waals surface area contributed by atoms with Crippen LogP contribution in [0.4, 0.5) is 0 Å². The lowest BCUT2D eigenvalue weighted by molar-refractivity contribution is 0.0600. The molecule has 4 heteroatoms. The standard InChI is InChI=1S/C13H17ClO3/c1-13(2,3)8-6-9(12(15)17-5)11(14)10(7-8)16-4/h6-7H,1-5H3. The Morgan fingerprint density at radius 2 is 1.82 bits per heavy atom. The van der Waals surface area contributed by atoms with E-state index in [1.54, 1.807) is 6.07 Å². The highest BCUT2D eigenvalue weighted by Gasteiger charge is 2.22. The Morgan fingerprint density at radius 3 is 2.24 bits per heavy atom. The lowest BCUT2D eigenvalue weighted by atomic mass is 9.86. The summed E-state index contributed by atoms with van der Waals surface area (Å²) in [5.41, 5.74) is 1.21. The minimum atomic E-state index is -0.459. The SMILES string of the molecule is COC(=O)c1cc(C(C)(C)C)cc(OC)c1Cl. The molecule has 0 amide bonds. The molecule has 0 aromatic heterocycles. The predicted molar refractivity (Wildman–Crippen MR) is 68.0 cm³/mol. The van der Waals surface area contributed by atoms with Gasteiger partial charge in [0.25, 0.3) is 0 Å². The molecule has 0 bridgehead atoms. The van der Waals surface area contributed by atoms with E-state index in [1.807, 2.05) is 6.07 Å². The van der Waals surface area contributed by atoms with Crippen LogP contribution in [-0.2, 0) is 10.2 Å². The average Bonchev–Trinajstić information content (AvgIpc) is 2.26. The highest BCUT2D eigenvalue weighted by Crippen LogP contribution is 2.34. The highest BCUT2D eigenvalue weighted by atomic mass is 35.5. The fraction of sp³-hybridized carbons (Fsp3) is 0.462. The summed E-state index contributed by atoms with van der Waals surface area (Å²) < 4.78 is 9.88. The fourth-order valence-electron chi connectivity index (χ4n) is 1.44. The van der Waals surface area contributed by atoms with Gasteiger partial charge in [-0.25, -0.2) is 4.79 Å². The molecule has 0 aliphatic heterocycles. The van der Waals surface area contributed by atoms with Crippen LogP contribution >= 0.6 is 11.6 Å². The average molecular weight is 257 g/mol. The molecule has 3 nitrogen and oxygen atoms in total. The van der Waals surface area contributed by atoms with E-state index in [9.17, 15) is 4.79 Å². The van der Waals surface area contributed by atoms with Crippen LogP contribution in [-0.4, -0.2) is 20.2 Å². The van der Waals surface area contributed by atoms with Gasteiger partial charge in [-0.3, -0.25) is 0 Å². The minimum absolute atomic E-state index is 0.0966. The van der Waals surface area contributed by atoms with Crippen molar-refractivity contribution in [2.75, 3.05) is 14.2 Å². The number of methoxy groups -OCH3 is 2. The molecule has 0 spiro atoms. The summed E-state index contributed by atoms with van der Waals surface area (Å²) >= 11 is 6.08. The highest BCUT2D eigenvalue weighted by molar-refractivity contribution is 6.35. The third-order valence-electron chi connectivity index (χ3n) is 2.53.